The van der Waals surface area contributed by atoms with Crippen LogP contribution in [0, 0.1) is 5.82 Å². The number of piperazine rings is 1. The van der Waals surface area contributed by atoms with E-state index in [9.17, 15) is 9.18 Å². The van der Waals surface area contributed by atoms with Gasteiger partial charge in [0.1, 0.15) is 11.6 Å². The van der Waals surface area contributed by atoms with Gasteiger partial charge in [-0.3, -0.25) is 4.79 Å². The first-order valence-corrected chi connectivity index (χ1v) is 9.27. The van der Waals surface area contributed by atoms with E-state index in [1.807, 2.05) is 53.4 Å². The zero-order valence-corrected chi connectivity index (χ0v) is 15.4. The summed E-state index contributed by atoms with van der Waals surface area (Å²) in [6, 6.07) is 19.8. The second kappa shape index (κ2) is 8.08. The highest BCUT2D eigenvalue weighted by Gasteiger charge is 2.20. The first kappa shape index (κ1) is 18.0. The summed E-state index contributed by atoms with van der Waals surface area (Å²) in [5, 5.41) is 2.85. The number of para-hydroxylation sites is 2. The second-order valence-corrected chi connectivity index (χ2v) is 6.65. The third-order valence-electron chi connectivity index (χ3n) is 4.84. The molecule has 0 saturated carbocycles. The summed E-state index contributed by atoms with van der Waals surface area (Å²) in [4.78, 5) is 21.0. The molecule has 1 fully saturated rings. The summed E-state index contributed by atoms with van der Waals surface area (Å²) in [5.41, 5.74) is 1.90. The van der Waals surface area contributed by atoms with Gasteiger partial charge in [0.05, 0.1) is 11.3 Å². The normalized spacial score (nSPS) is 14.0. The van der Waals surface area contributed by atoms with Crippen LogP contribution in [0.2, 0.25) is 0 Å². The molecule has 0 radical (unpaired) electrons. The minimum atomic E-state index is -0.192. The molecule has 5 nitrogen and oxygen atoms in total. The molecule has 1 aliphatic heterocycles. The molecule has 142 valence electrons. The number of carbonyl (C=O) groups excluding carboxylic acids is 1. The van der Waals surface area contributed by atoms with E-state index in [0.717, 1.165) is 37.7 Å². The summed E-state index contributed by atoms with van der Waals surface area (Å²) < 4.78 is 14.0. The number of aromatic nitrogens is 1. The second-order valence-electron chi connectivity index (χ2n) is 6.65. The Balaban J connectivity index is 1.37. The SMILES string of the molecule is O=C(Nc1ccccc1)c1ccc(N2CCN(c3ccccc3F)CC2)nc1. The Bertz CT molecular complexity index is 938. The molecular weight excluding hydrogens is 355 g/mol. The molecule has 0 spiro atoms. The van der Waals surface area contributed by atoms with E-state index in [1.54, 1.807) is 18.3 Å². The van der Waals surface area contributed by atoms with Crippen molar-refractivity contribution in [3.63, 3.8) is 0 Å². The molecule has 1 N–H and O–H groups in total. The molecule has 0 atom stereocenters. The first-order chi connectivity index (χ1) is 13.7. The summed E-state index contributed by atoms with van der Waals surface area (Å²) in [7, 11) is 0. The number of benzene rings is 2. The molecule has 0 bridgehead atoms. The lowest BCUT2D eigenvalue weighted by Crippen LogP contribution is -2.47. The molecule has 2 aromatic carbocycles. The van der Waals surface area contributed by atoms with Gasteiger partial charge in [0, 0.05) is 38.1 Å². The van der Waals surface area contributed by atoms with Gasteiger partial charge in [-0.15, -0.1) is 0 Å². The van der Waals surface area contributed by atoms with Crippen molar-refractivity contribution in [2.75, 3.05) is 41.3 Å². The lowest BCUT2D eigenvalue weighted by Gasteiger charge is -2.36. The Labute approximate surface area is 163 Å². The van der Waals surface area contributed by atoms with Crippen molar-refractivity contribution < 1.29 is 9.18 Å². The molecular formula is C22H21FN4O. The van der Waals surface area contributed by atoms with Gasteiger partial charge in [0.25, 0.3) is 5.91 Å². The highest BCUT2D eigenvalue weighted by Crippen LogP contribution is 2.22. The first-order valence-electron chi connectivity index (χ1n) is 9.27. The van der Waals surface area contributed by atoms with E-state index in [4.69, 9.17) is 0 Å². The van der Waals surface area contributed by atoms with Gasteiger partial charge in [0.15, 0.2) is 0 Å². The van der Waals surface area contributed by atoms with Crippen molar-refractivity contribution in [3.05, 3.63) is 84.3 Å². The monoisotopic (exact) mass is 376 g/mol. The van der Waals surface area contributed by atoms with Gasteiger partial charge in [-0.05, 0) is 36.4 Å². The average molecular weight is 376 g/mol. The van der Waals surface area contributed by atoms with E-state index in [1.165, 1.54) is 6.07 Å². The smallest absolute Gasteiger partial charge is 0.257 e. The van der Waals surface area contributed by atoms with Gasteiger partial charge in [-0.2, -0.15) is 0 Å². The van der Waals surface area contributed by atoms with Crippen LogP contribution in [0.3, 0.4) is 0 Å². The van der Waals surface area contributed by atoms with Crippen molar-refractivity contribution in [1.82, 2.24) is 4.98 Å². The van der Waals surface area contributed by atoms with E-state index in [2.05, 4.69) is 15.2 Å². The lowest BCUT2D eigenvalue weighted by molar-refractivity contribution is 0.102. The van der Waals surface area contributed by atoms with Crippen molar-refractivity contribution in [2.45, 2.75) is 0 Å². The van der Waals surface area contributed by atoms with E-state index in [0.29, 0.717) is 11.3 Å². The number of pyridine rings is 1. The number of carbonyl (C=O) groups is 1. The Morgan fingerprint density at radius 1 is 0.857 bits per heavy atom. The van der Waals surface area contributed by atoms with Crippen LogP contribution in [-0.2, 0) is 0 Å². The summed E-state index contributed by atoms with van der Waals surface area (Å²) >= 11 is 0. The van der Waals surface area contributed by atoms with Crippen LogP contribution >= 0.6 is 0 Å². The number of halogens is 1. The van der Waals surface area contributed by atoms with E-state index in [-0.39, 0.29) is 11.7 Å². The zero-order chi connectivity index (χ0) is 19.3. The van der Waals surface area contributed by atoms with Gasteiger partial charge in [-0.25, -0.2) is 9.37 Å². The Morgan fingerprint density at radius 3 is 2.21 bits per heavy atom. The van der Waals surface area contributed by atoms with Crippen LogP contribution in [-0.4, -0.2) is 37.1 Å². The van der Waals surface area contributed by atoms with Crippen LogP contribution in [0.1, 0.15) is 10.4 Å². The van der Waals surface area contributed by atoms with Crippen molar-refractivity contribution in [3.8, 4) is 0 Å². The topological polar surface area (TPSA) is 48.5 Å². The minimum Gasteiger partial charge on any atom is -0.366 e. The van der Waals surface area contributed by atoms with Crippen LogP contribution in [0.25, 0.3) is 0 Å². The Kier molecular flexibility index (Phi) is 5.19. The predicted molar refractivity (Wildman–Crippen MR) is 109 cm³/mol. The number of hydrogen-bond acceptors (Lipinski definition) is 4. The summed E-state index contributed by atoms with van der Waals surface area (Å²) in [6.07, 6.45) is 1.59. The molecule has 1 aromatic heterocycles. The highest BCUT2D eigenvalue weighted by molar-refractivity contribution is 6.04. The quantitative estimate of drug-likeness (QED) is 0.753. The van der Waals surface area contributed by atoms with Gasteiger partial charge in [-0.1, -0.05) is 30.3 Å². The Morgan fingerprint density at radius 2 is 1.54 bits per heavy atom. The van der Waals surface area contributed by atoms with Crippen LogP contribution in [0.4, 0.5) is 21.6 Å². The fourth-order valence-corrected chi connectivity index (χ4v) is 3.32. The van der Waals surface area contributed by atoms with Crippen LogP contribution < -0.4 is 15.1 Å². The van der Waals surface area contributed by atoms with Crippen molar-refractivity contribution in [2.24, 2.45) is 0 Å². The number of anilines is 3. The lowest BCUT2D eigenvalue weighted by atomic mass is 10.2. The molecule has 1 aliphatic rings. The van der Waals surface area contributed by atoms with Gasteiger partial charge < -0.3 is 15.1 Å². The number of nitrogens with zero attached hydrogens (tertiary/aromatic N) is 3. The zero-order valence-electron chi connectivity index (χ0n) is 15.4. The summed E-state index contributed by atoms with van der Waals surface area (Å²) in [5.74, 6) is 0.446. The number of amides is 1. The molecule has 0 aliphatic carbocycles. The standard InChI is InChI=1S/C22H21FN4O/c23-19-8-4-5-9-20(19)26-12-14-27(15-13-26)21-11-10-17(16-24-21)22(28)25-18-6-2-1-3-7-18/h1-11,16H,12-15H2,(H,25,28). The highest BCUT2D eigenvalue weighted by atomic mass is 19.1. The van der Waals surface area contributed by atoms with Crippen molar-refractivity contribution in [1.29, 1.82) is 0 Å². The third-order valence-corrected chi connectivity index (χ3v) is 4.84. The maximum absolute atomic E-state index is 14.0. The molecule has 1 saturated heterocycles. The average Bonchev–Trinajstić information content (AvgIpc) is 2.75. The van der Waals surface area contributed by atoms with Crippen molar-refractivity contribution >= 4 is 23.1 Å². The molecule has 6 heteroatoms. The molecule has 0 unspecified atom stereocenters. The maximum Gasteiger partial charge on any atom is 0.257 e. The molecule has 1 amide bonds. The number of nitrogens with one attached hydrogen (secondary N) is 1. The molecule has 2 heterocycles. The predicted octanol–water partition coefficient (Wildman–Crippen LogP) is 3.80. The van der Waals surface area contributed by atoms with Gasteiger partial charge in [0.2, 0.25) is 0 Å². The van der Waals surface area contributed by atoms with Gasteiger partial charge >= 0.3 is 0 Å². The molecule has 3 aromatic rings. The Hall–Kier alpha value is -3.41. The third kappa shape index (κ3) is 3.96. The number of rotatable bonds is 4. The van der Waals surface area contributed by atoms with E-state index >= 15 is 0 Å². The minimum absolute atomic E-state index is 0.186. The fourth-order valence-electron chi connectivity index (χ4n) is 3.32. The maximum atomic E-state index is 14.0. The largest absolute Gasteiger partial charge is 0.366 e. The molecule has 4 rings (SSSR count). The van der Waals surface area contributed by atoms with Crippen LogP contribution in [0.15, 0.2) is 72.9 Å². The van der Waals surface area contributed by atoms with E-state index < -0.39 is 0 Å². The number of hydrogen-bond donors (Lipinski definition) is 1. The summed E-state index contributed by atoms with van der Waals surface area (Å²) in [6.45, 7) is 2.94. The van der Waals surface area contributed by atoms with Crippen LogP contribution in [0.5, 0.6) is 0 Å². The molecule has 28 heavy (non-hydrogen) atoms. The fraction of sp³-hybridized carbons (Fsp3) is 0.182.